The van der Waals surface area contributed by atoms with Crippen molar-refractivity contribution >= 4 is 0 Å². The first-order chi connectivity index (χ1) is 4.92. The highest BCUT2D eigenvalue weighted by Gasteiger charge is 2.49. The van der Waals surface area contributed by atoms with Gasteiger partial charge in [-0.2, -0.15) is 0 Å². The highest BCUT2D eigenvalue weighted by Crippen LogP contribution is 2.44. The van der Waals surface area contributed by atoms with Crippen LogP contribution in [0.2, 0.25) is 0 Å². The van der Waals surface area contributed by atoms with Crippen molar-refractivity contribution in [2.75, 3.05) is 0 Å². The van der Waals surface area contributed by atoms with Gasteiger partial charge in [0.1, 0.15) is 0 Å². The third-order valence-electron chi connectivity index (χ3n) is 2.84. The third-order valence-corrected chi connectivity index (χ3v) is 2.84. The van der Waals surface area contributed by atoms with E-state index in [0.717, 1.165) is 5.92 Å². The Kier molecular flexibility index (Phi) is 1.69. The maximum absolute atomic E-state index is 5.46. The molecule has 58 valence electrons. The zero-order valence-corrected chi connectivity index (χ0v) is 6.68. The monoisotopic (exact) mass is 140 g/mol. The molecule has 0 N–H and O–H groups in total. The van der Waals surface area contributed by atoms with Crippen LogP contribution in [0.5, 0.6) is 0 Å². The van der Waals surface area contributed by atoms with Crippen LogP contribution < -0.4 is 0 Å². The maximum atomic E-state index is 5.46. The molecule has 1 aliphatic carbocycles. The number of epoxide rings is 1. The zero-order valence-electron chi connectivity index (χ0n) is 6.68. The van der Waals surface area contributed by atoms with Gasteiger partial charge in [0.15, 0.2) is 0 Å². The Labute approximate surface area is 62.8 Å². The van der Waals surface area contributed by atoms with Gasteiger partial charge in [-0.15, -0.1) is 0 Å². The topological polar surface area (TPSA) is 12.5 Å². The van der Waals surface area contributed by atoms with Gasteiger partial charge in [-0.1, -0.05) is 19.8 Å². The van der Waals surface area contributed by atoms with Crippen LogP contribution in [0.25, 0.3) is 0 Å². The van der Waals surface area contributed by atoms with Crippen molar-refractivity contribution in [2.24, 2.45) is 5.92 Å². The smallest absolute Gasteiger partial charge is 0.0869 e. The summed E-state index contributed by atoms with van der Waals surface area (Å²) in [5, 5.41) is 0. The van der Waals surface area contributed by atoms with Gasteiger partial charge in [-0.3, -0.25) is 0 Å². The molecule has 1 nitrogen and oxygen atoms in total. The summed E-state index contributed by atoms with van der Waals surface area (Å²) in [5.74, 6) is 0.935. The molecule has 10 heavy (non-hydrogen) atoms. The molecule has 0 aromatic heterocycles. The lowest BCUT2D eigenvalue weighted by Gasteiger charge is -2.07. The molecule has 0 aromatic rings. The van der Waals surface area contributed by atoms with Gasteiger partial charge in [0.05, 0.1) is 12.2 Å². The van der Waals surface area contributed by atoms with Gasteiger partial charge in [-0.25, -0.2) is 0 Å². The maximum Gasteiger partial charge on any atom is 0.0869 e. The predicted molar refractivity (Wildman–Crippen MR) is 40.9 cm³/mol. The lowest BCUT2D eigenvalue weighted by Crippen LogP contribution is -2.02. The Morgan fingerprint density at radius 2 is 2.30 bits per heavy atom. The quantitative estimate of drug-likeness (QED) is 0.548. The first-order valence-electron chi connectivity index (χ1n) is 4.57. The fourth-order valence-corrected chi connectivity index (χ4v) is 2.12. The molecule has 1 aliphatic heterocycles. The summed E-state index contributed by atoms with van der Waals surface area (Å²) in [6.07, 6.45) is 8.34. The van der Waals surface area contributed by atoms with Gasteiger partial charge in [0, 0.05) is 0 Å². The van der Waals surface area contributed by atoms with Crippen LogP contribution in [0.3, 0.4) is 0 Å². The highest BCUT2D eigenvalue weighted by molar-refractivity contribution is 4.97. The van der Waals surface area contributed by atoms with E-state index in [0.29, 0.717) is 12.2 Å². The second-order valence-corrected chi connectivity index (χ2v) is 3.62. The largest absolute Gasteiger partial charge is 0.369 e. The minimum atomic E-state index is 0.696. The molecule has 2 rings (SSSR count). The molecule has 0 bridgehead atoms. The highest BCUT2D eigenvalue weighted by atomic mass is 16.6. The van der Waals surface area contributed by atoms with Crippen molar-refractivity contribution in [2.45, 2.75) is 51.2 Å². The van der Waals surface area contributed by atoms with Crippen LogP contribution in [-0.4, -0.2) is 12.2 Å². The average Bonchev–Trinajstić information content (AvgIpc) is 2.63. The fraction of sp³-hybridized carbons (Fsp3) is 1.00. The van der Waals surface area contributed by atoms with E-state index < -0.39 is 0 Å². The van der Waals surface area contributed by atoms with E-state index in [9.17, 15) is 0 Å². The Balaban J connectivity index is 1.72. The number of hydrogen-bond donors (Lipinski definition) is 0. The lowest BCUT2D eigenvalue weighted by atomic mass is 10.0. The van der Waals surface area contributed by atoms with E-state index in [2.05, 4.69) is 6.92 Å². The van der Waals surface area contributed by atoms with Crippen molar-refractivity contribution in [3.05, 3.63) is 0 Å². The van der Waals surface area contributed by atoms with E-state index in [1.165, 1.54) is 32.1 Å². The molecule has 0 aromatic carbocycles. The Morgan fingerprint density at radius 3 is 2.80 bits per heavy atom. The summed E-state index contributed by atoms with van der Waals surface area (Å²) in [6, 6.07) is 0. The normalized spacial score (nSPS) is 43.5. The van der Waals surface area contributed by atoms with Gasteiger partial charge in [-0.05, 0) is 25.2 Å². The van der Waals surface area contributed by atoms with Crippen LogP contribution in [0.15, 0.2) is 0 Å². The lowest BCUT2D eigenvalue weighted by molar-refractivity contribution is 0.254. The first-order valence-corrected chi connectivity index (χ1v) is 4.57. The molecule has 0 spiro atoms. The molecular weight excluding hydrogens is 124 g/mol. The number of rotatable bonds is 3. The van der Waals surface area contributed by atoms with Crippen molar-refractivity contribution < 1.29 is 4.74 Å². The van der Waals surface area contributed by atoms with E-state index >= 15 is 0 Å². The SMILES string of the molecule is CCCCC1CCC2OC12. The van der Waals surface area contributed by atoms with E-state index in [1.54, 1.807) is 0 Å². The summed E-state index contributed by atoms with van der Waals surface area (Å²) in [5.41, 5.74) is 0. The summed E-state index contributed by atoms with van der Waals surface area (Å²) >= 11 is 0. The first kappa shape index (κ1) is 6.66. The summed E-state index contributed by atoms with van der Waals surface area (Å²) in [4.78, 5) is 0. The minimum Gasteiger partial charge on any atom is -0.369 e. The van der Waals surface area contributed by atoms with Crippen molar-refractivity contribution in [3.63, 3.8) is 0 Å². The second kappa shape index (κ2) is 2.54. The molecule has 1 heterocycles. The molecular formula is C9H16O. The predicted octanol–water partition coefficient (Wildman–Crippen LogP) is 2.35. The van der Waals surface area contributed by atoms with Gasteiger partial charge < -0.3 is 4.74 Å². The fourth-order valence-electron chi connectivity index (χ4n) is 2.12. The van der Waals surface area contributed by atoms with Crippen LogP contribution in [-0.2, 0) is 4.74 Å². The van der Waals surface area contributed by atoms with Crippen molar-refractivity contribution in [3.8, 4) is 0 Å². The summed E-state index contributed by atoms with van der Waals surface area (Å²) in [6.45, 7) is 2.26. The van der Waals surface area contributed by atoms with Gasteiger partial charge in [0.2, 0.25) is 0 Å². The average molecular weight is 140 g/mol. The zero-order chi connectivity index (χ0) is 6.97. The van der Waals surface area contributed by atoms with E-state index in [-0.39, 0.29) is 0 Å². The van der Waals surface area contributed by atoms with Crippen molar-refractivity contribution in [1.82, 2.24) is 0 Å². The molecule has 3 atom stereocenters. The molecule has 2 fully saturated rings. The molecule has 1 saturated carbocycles. The van der Waals surface area contributed by atoms with Gasteiger partial charge in [0.25, 0.3) is 0 Å². The Hall–Kier alpha value is -0.0400. The number of hydrogen-bond acceptors (Lipinski definition) is 1. The van der Waals surface area contributed by atoms with Crippen LogP contribution in [0, 0.1) is 5.92 Å². The van der Waals surface area contributed by atoms with Crippen LogP contribution in [0.4, 0.5) is 0 Å². The standard InChI is InChI=1S/C9H16O/c1-2-3-4-7-5-6-8-9(7)10-8/h7-9H,2-6H2,1H3. The van der Waals surface area contributed by atoms with Crippen LogP contribution >= 0.6 is 0 Å². The minimum absolute atomic E-state index is 0.696. The molecule has 3 unspecified atom stereocenters. The summed E-state index contributed by atoms with van der Waals surface area (Å²) in [7, 11) is 0. The Morgan fingerprint density at radius 1 is 1.40 bits per heavy atom. The van der Waals surface area contributed by atoms with E-state index in [1.807, 2.05) is 0 Å². The van der Waals surface area contributed by atoms with E-state index in [4.69, 9.17) is 4.74 Å². The Bertz CT molecular complexity index is 122. The molecule has 2 aliphatic rings. The molecule has 1 saturated heterocycles. The number of unbranched alkanes of at least 4 members (excludes halogenated alkanes) is 1. The molecule has 0 radical (unpaired) electrons. The van der Waals surface area contributed by atoms with Gasteiger partial charge >= 0.3 is 0 Å². The van der Waals surface area contributed by atoms with Crippen molar-refractivity contribution in [1.29, 1.82) is 0 Å². The van der Waals surface area contributed by atoms with Crippen LogP contribution in [0.1, 0.15) is 39.0 Å². The third kappa shape index (κ3) is 1.07. The molecule has 0 amide bonds. The molecule has 1 heteroatoms. The number of ether oxygens (including phenoxy) is 1. The summed E-state index contributed by atoms with van der Waals surface area (Å²) < 4.78 is 5.46. The second-order valence-electron chi connectivity index (χ2n) is 3.62. The number of fused-ring (bicyclic) bond motifs is 1.